The maximum absolute atomic E-state index is 13.4. The number of amides is 1. The van der Waals surface area contributed by atoms with Gasteiger partial charge in [0.2, 0.25) is 5.91 Å². The lowest BCUT2D eigenvalue weighted by molar-refractivity contribution is -0.141. The third kappa shape index (κ3) is 5.00. The summed E-state index contributed by atoms with van der Waals surface area (Å²) in [7, 11) is 0. The molecule has 3 fully saturated rings. The van der Waals surface area contributed by atoms with Crippen LogP contribution in [-0.2, 0) is 9.59 Å². The van der Waals surface area contributed by atoms with Crippen molar-refractivity contribution in [3.05, 3.63) is 45.8 Å². The molecule has 1 amide bonds. The van der Waals surface area contributed by atoms with Crippen LogP contribution >= 0.6 is 11.6 Å². The summed E-state index contributed by atoms with van der Waals surface area (Å²) in [5.74, 6) is 0.877. The first kappa shape index (κ1) is 24.4. The van der Waals surface area contributed by atoms with Gasteiger partial charge in [-0.1, -0.05) is 36.7 Å². The van der Waals surface area contributed by atoms with E-state index in [0.29, 0.717) is 41.3 Å². The van der Waals surface area contributed by atoms with Gasteiger partial charge >= 0.3 is 5.97 Å². The fourth-order valence-corrected chi connectivity index (χ4v) is 6.54. The molecule has 3 aliphatic rings. The van der Waals surface area contributed by atoms with Crippen LogP contribution in [0.25, 0.3) is 0 Å². The van der Waals surface area contributed by atoms with Crippen molar-refractivity contribution < 1.29 is 19.2 Å². The van der Waals surface area contributed by atoms with Gasteiger partial charge in [0, 0.05) is 23.3 Å². The Kier molecular flexibility index (Phi) is 6.69. The molecule has 1 heterocycles. The molecule has 3 saturated carbocycles. The lowest BCUT2D eigenvalue weighted by Crippen LogP contribution is -2.26. The van der Waals surface area contributed by atoms with Crippen LogP contribution in [0.3, 0.4) is 0 Å². The number of aliphatic carboxylic acids is 1. The summed E-state index contributed by atoms with van der Waals surface area (Å²) >= 11 is 6.36. The number of aromatic nitrogens is 1. The largest absolute Gasteiger partial charge is 0.481 e. The minimum absolute atomic E-state index is 0.198. The standard InChI is InChI=1S/C28H35ClN2O4/c1-14(2)8-16-10-18(11-16)26-24(17-5-6-17)25(31-35-26)20-12-19(28(33)34)13-21(20)27(32)30-23-7-4-15(3)9-22(23)29/h4,7,9,14,16-21H,5-6,8,10-13H2,1-3H3,(H,30,32)(H,33,34)/t16-,18+,19-,20-,21-/m1/s1. The molecule has 0 radical (unpaired) electrons. The summed E-state index contributed by atoms with van der Waals surface area (Å²) in [6, 6.07) is 5.50. The molecular weight excluding hydrogens is 464 g/mol. The molecule has 35 heavy (non-hydrogen) atoms. The number of hydrogen-bond donors (Lipinski definition) is 2. The molecule has 3 atom stereocenters. The van der Waals surface area contributed by atoms with Crippen molar-refractivity contribution in [3.63, 3.8) is 0 Å². The summed E-state index contributed by atoms with van der Waals surface area (Å²) in [5, 5.41) is 17.7. The molecule has 0 aliphatic heterocycles. The normalized spacial score (nSPS) is 28.2. The molecule has 5 rings (SSSR count). The number of halogens is 1. The summed E-state index contributed by atoms with van der Waals surface area (Å²) in [6.45, 7) is 6.48. The van der Waals surface area contributed by atoms with E-state index in [-0.39, 0.29) is 11.8 Å². The summed E-state index contributed by atoms with van der Waals surface area (Å²) in [6.07, 6.45) is 6.41. The number of carboxylic acid groups (broad SMARTS) is 1. The molecule has 2 aromatic rings. The maximum atomic E-state index is 13.4. The highest BCUT2D eigenvalue weighted by Gasteiger charge is 2.48. The van der Waals surface area contributed by atoms with Gasteiger partial charge in [0.25, 0.3) is 0 Å². The quantitative estimate of drug-likeness (QED) is 0.413. The first-order valence-electron chi connectivity index (χ1n) is 13.0. The Morgan fingerprint density at radius 3 is 2.54 bits per heavy atom. The number of nitrogens with zero attached hydrogens (tertiary/aromatic N) is 1. The highest BCUT2D eigenvalue weighted by molar-refractivity contribution is 6.33. The SMILES string of the molecule is Cc1ccc(NC(=O)[C@@H]2C[C@H](C(=O)O)C[C@H]2c2noc([C@H]3C[C@@H](CC(C)C)C3)c2C2CC2)c(Cl)c1. The van der Waals surface area contributed by atoms with E-state index in [4.69, 9.17) is 16.1 Å². The second-order valence-corrected chi connectivity index (χ2v) is 11.9. The molecule has 0 bridgehead atoms. The van der Waals surface area contributed by atoms with Crippen molar-refractivity contribution in [2.75, 3.05) is 5.32 Å². The number of anilines is 1. The van der Waals surface area contributed by atoms with E-state index < -0.39 is 17.8 Å². The highest BCUT2D eigenvalue weighted by Crippen LogP contribution is 2.55. The Balaban J connectivity index is 1.40. The van der Waals surface area contributed by atoms with Gasteiger partial charge in [-0.05, 0) is 87.3 Å². The van der Waals surface area contributed by atoms with Crippen LogP contribution in [0, 0.1) is 30.6 Å². The smallest absolute Gasteiger partial charge is 0.306 e. The van der Waals surface area contributed by atoms with Crippen molar-refractivity contribution in [1.82, 2.24) is 5.16 Å². The average molecular weight is 499 g/mol. The molecule has 2 N–H and O–H groups in total. The zero-order valence-corrected chi connectivity index (χ0v) is 21.5. The molecule has 1 aromatic carbocycles. The molecule has 1 aromatic heterocycles. The summed E-state index contributed by atoms with van der Waals surface area (Å²) in [5.41, 5.74) is 3.57. The number of rotatable bonds is 8. The molecule has 3 aliphatic carbocycles. The molecule has 7 heteroatoms. The average Bonchev–Trinajstić information content (AvgIpc) is 3.35. The van der Waals surface area contributed by atoms with Crippen molar-refractivity contribution in [3.8, 4) is 0 Å². The minimum atomic E-state index is -0.856. The van der Waals surface area contributed by atoms with E-state index in [1.807, 2.05) is 19.1 Å². The van der Waals surface area contributed by atoms with Gasteiger partial charge in [-0.25, -0.2) is 0 Å². The van der Waals surface area contributed by atoms with Crippen LogP contribution < -0.4 is 5.32 Å². The third-order valence-electron chi connectivity index (χ3n) is 8.16. The number of nitrogens with one attached hydrogen (secondary N) is 1. The minimum Gasteiger partial charge on any atom is -0.481 e. The Morgan fingerprint density at radius 1 is 1.17 bits per heavy atom. The fraction of sp³-hybridized carbons (Fsp3) is 0.607. The number of hydrogen-bond acceptors (Lipinski definition) is 4. The molecule has 188 valence electrons. The van der Waals surface area contributed by atoms with Gasteiger partial charge in [0.15, 0.2) is 0 Å². The number of aryl methyl sites for hydroxylation is 1. The first-order chi connectivity index (χ1) is 16.7. The lowest BCUT2D eigenvalue weighted by Gasteiger charge is -2.35. The van der Waals surface area contributed by atoms with E-state index in [1.54, 1.807) is 6.07 Å². The number of carbonyl (C=O) groups is 2. The van der Waals surface area contributed by atoms with Crippen LogP contribution in [0.5, 0.6) is 0 Å². The van der Waals surface area contributed by atoms with Crippen LogP contribution in [0.1, 0.15) is 99.1 Å². The van der Waals surface area contributed by atoms with E-state index in [1.165, 1.54) is 12.0 Å². The summed E-state index contributed by atoms with van der Waals surface area (Å²) in [4.78, 5) is 25.4. The van der Waals surface area contributed by atoms with Gasteiger partial charge < -0.3 is 14.9 Å². The van der Waals surface area contributed by atoms with Gasteiger partial charge in [0.1, 0.15) is 5.76 Å². The van der Waals surface area contributed by atoms with Crippen LogP contribution in [0.15, 0.2) is 22.7 Å². The number of carbonyl (C=O) groups excluding carboxylic acids is 1. The molecule has 6 nitrogen and oxygen atoms in total. The Hall–Kier alpha value is -2.34. The van der Waals surface area contributed by atoms with Crippen molar-refractivity contribution >= 4 is 29.2 Å². The highest BCUT2D eigenvalue weighted by atomic mass is 35.5. The third-order valence-corrected chi connectivity index (χ3v) is 8.48. The van der Waals surface area contributed by atoms with E-state index in [2.05, 4.69) is 24.3 Å². The Labute approximate surface area is 211 Å². The van der Waals surface area contributed by atoms with E-state index >= 15 is 0 Å². The van der Waals surface area contributed by atoms with Crippen molar-refractivity contribution in [2.45, 2.75) is 83.5 Å². The maximum Gasteiger partial charge on any atom is 0.306 e. The van der Waals surface area contributed by atoms with E-state index in [9.17, 15) is 14.7 Å². The predicted octanol–water partition coefficient (Wildman–Crippen LogP) is 6.89. The first-order valence-corrected chi connectivity index (χ1v) is 13.4. The molecule has 0 saturated heterocycles. The van der Waals surface area contributed by atoms with Crippen LogP contribution in [0.4, 0.5) is 5.69 Å². The second-order valence-electron chi connectivity index (χ2n) is 11.5. The zero-order valence-electron chi connectivity index (χ0n) is 20.7. The Morgan fingerprint density at radius 2 is 1.91 bits per heavy atom. The molecule has 0 spiro atoms. The second kappa shape index (κ2) is 9.61. The molecule has 0 unspecified atom stereocenters. The lowest BCUT2D eigenvalue weighted by atomic mass is 9.69. The van der Waals surface area contributed by atoms with Crippen molar-refractivity contribution in [1.29, 1.82) is 0 Å². The summed E-state index contributed by atoms with van der Waals surface area (Å²) < 4.78 is 5.99. The predicted molar refractivity (Wildman–Crippen MR) is 135 cm³/mol. The van der Waals surface area contributed by atoms with Gasteiger partial charge in [-0.15, -0.1) is 0 Å². The number of carboxylic acids is 1. The van der Waals surface area contributed by atoms with Crippen molar-refractivity contribution in [2.24, 2.45) is 23.7 Å². The van der Waals surface area contributed by atoms with Crippen LogP contribution in [0.2, 0.25) is 5.02 Å². The topological polar surface area (TPSA) is 92.4 Å². The van der Waals surface area contributed by atoms with Gasteiger partial charge in [0.05, 0.1) is 22.3 Å². The molecular formula is C28H35ClN2O4. The van der Waals surface area contributed by atoms with Crippen LogP contribution in [-0.4, -0.2) is 22.1 Å². The van der Waals surface area contributed by atoms with E-state index in [0.717, 1.165) is 48.6 Å². The number of benzene rings is 1. The zero-order chi connectivity index (χ0) is 24.9. The fourth-order valence-electron chi connectivity index (χ4n) is 6.25. The van der Waals surface area contributed by atoms with Gasteiger partial charge in [-0.3, -0.25) is 9.59 Å². The Bertz CT molecular complexity index is 1120. The monoisotopic (exact) mass is 498 g/mol. The van der Waals surface area contributed by atoms with Gasteiger partial charge in [-0.2, -0.15) is 0 Å².